The van der Waals surface area contributed by atoms with Crippen LogP contribution in [0.15, 0.2) is 70.8 Å². The van der Waals surface area contributed by atoms with E-state index in [0.29, 0.717) is 30.0 Å². The van der Waals surface area contributed by atoms with Crippen molar-refractivity contribution in [3.8, 4) is 16.2 Å². The number of hydrogen-bond acceptors (Lipinski definition) is 4. The summed E-state index contributed by atoms with van der Waals surface area (Å²) in [4.78, 5) is 25.8. The Morgan fingerprint density at radius 1 is 1.09 bits per heavy atom. The zero-order valence-corrected chi connectivity index (χ0v) is 19.4. The van der Waals surface area contributed by atoms with Crippen molar-refractivity contribution < 1.29 is 14.6 Å². The number of benzene rings is 2. The minimum Gasteiger partial charge on any atom is -0.489 e. The van der Waals surface area contributed by atoms with E-state index in [1.807, 2.05) is 73.8 Å². The maximum absolute atomic E-state index is 13.5. The Balaban J connectivity index is 1.89. The lowest BCUT2D eigenvalue weighted by Gasteiger charge is -2.21. The van der Waals surface area contributed by atoms with E-state index in [2.05, 4.69) is 5.32 Å². The molecule has 0 atom stereocenters. The predicted octanol–water partition coefficient (Wildman–Crippen LogP) is 5.73. The molecule has 2 N–H and O–H groups in total. The number of carboxylic acid groups (broad SMARTS) is 1. The van der Waals surface area contributed by atoms with Crippen LogP contribution in [0.1, 0.15) is 25.1 Å². The van der Waals surface area contributed by atoms with Crippen molar-refractivity contribution in [2.24, 2.45) is 5.92 Å². The lowest BCUT2D eigenvalue weighted by Crippen LogP contribution is -2.31. The molecule has 0 radical (unpaired) electrons. The van der Waals surface area contributed by atoms with Gasteiger partial charge in [0.2, 0.25) is 0 Å². The number of nitrogens with one attached hydrogen (secondary N) is 1. The molecule has 0 aliphatic rings. The number of amides is 1. The number of ether oxygens (including phenoxy) is 1. The quantitative estimate of drug-likeness (QED) is 0.350. The van der Waals surface area contributed by atoms with Crippen LogP contribution < -0.4 is 15.6 Å². The van der Waals surface area contributed by atoms with Crippen molar-refractivity contribution in [1.29, 1.82) is 0 Å². The standard InChI is InChI=1S/C26H26N2O4S/c1-17(2)15-28-22(14-27-26(30)31)24(23-9-6-12-33-23)21-13-19(10-11-20(21)25(28)29)32-16-18-7-4-3-5-8-18/h3-13,17,27H,14-16H2,1-2H3,(H,30,31). The fraction of sp³-hybridized carbons (Fsp3) is 0.231. The number of fused-ring (bicyclic) bond motifs is 1. The van der Waals surface area contributed by atoms with E-state index in [4.69, 9.17) is 4.74 Å². The Kier molecular flexibility index (Phi) is 6.79. The molecule has 7 heteroatoms. The minimum absolute atomic E-state index is 0.0373. The average molecular weight is 463 g/mol. The SMILES string of the molecule is CC(C)Cn1c(CNC(=O)O)c(-c2cccs2)c2cc(OCc3ccccc3)ccc2c1=O. The third kappa shape index (κ3) is 5.09. The summed E-state index contributed by atoms with van der Waals surface area (Å²) in [5.41, 5.74) is 2.44. The highest BCUT2D eigenvalue weighted by Gasteiger charge is 2.20. The zero-order chi connectivity index (χ0) is 23.4. The van der Waals surface area contributed by atoms with Gasteiger partial charge in [-0.05, 0) is 41.1 Å². The summed E-state index contributed by atoms with van der Waals surface area (Å²) in [6.07, 6.45) is -1.13. The van der Waals surface area contributed by atoms with Crippen molar-refractivity contribution in [2.75, 3.05) is 0 Å². The van der Waals surface area contributed by atoms with E-state index in [1.165, 1.54) is 0 Å². The number of aromatic nitrogens is 1. The molecule has 2 heterocycles. The maximum Gasteiger partial charge on any atom is 0.404 e. The first-order chi connectivity index (χ1) is 15.9. The summed E-state index contributed by atoms with van der Waals surface area (Å²) >= 11 is 1.56. The van der Waals surface area contributed by atoms with Gasteiger partial charge in [-0.3, -0.25) is 4.79 Å². The summed E-state index contributed by atoms with van der Waals surface area (Å²) in [7, 11) is 0. The highest BCUT2D eigenvalue weighted by Crippen LogP contribution is 2.36. The van der Waals surface area contributed by atoms with Crippen molar-refractivity contribution in [1.82, 2.24) is 9.88 Å². The molecule has 0 spiro atoms. The molecule has 170 valence electrons. The van der Waals surface area contributed by atoms with Gasteiger partial charge < -0.3 is 19.7 Å². The van der Waals surface area contributed by atoms with Crippen LogP contribution >= 0.6 is 11.3 Å². The van der Waals surface area contributed by atoms with Crippen LogP contribution in [0.2, 0.25) is 0 Å². The van der Waals surface area contributed by atoms with Crippen LogP contribution in [-0.2, 0) is 19.7 Å². The van der Waals surface area contributed by atoms with Crippen LogP contribution in [0.4, 0.5) is 4.79 Å². The Hall–Kier alpha value is -3.58. The van der Waals surface area contributed by atoms with Crippen LogP contribution in [0.5, 0.6) is 5.75 Å². The molecule has 2 aromatic heterocycles. The Labute approximate surface area is 196 Å². The van der Waals surface area contributed by atoms with E-state index < -0.39 is 6.09 Å². The highest BCUT2D eigenvalue weighted by atomic mass is 32.1. The molecule has 0 aliphatic heterocycles. The number of carbonyl (C=O) groups is 1. The smallest absolute Gasteiger partial charge is 0.404 e. The van der Waals surface area contributed by atoms with Crippen LogP contribution in [-0.4, -0.2) is 15.8 Å². The van der Waals surface area contributed by atoms with E-state index >= 15 is 0 Å². The summed E-state index contributed by atoms with van der Waals surface area (Å²) in [5.74, 6) is 0.871. The summed E-state index contributed by atoms with van der Waals surface area (Å²) in [5, 5.41) is 15.0. The second kappa shape index (κ2) is 9.92. The number of hydrogen-bond donors (Lipinski definition) is 2. The van der Waals surface area contributed by atoms with Gasteiger partial charge >= 0.3 is 6.09 Å². The van der Waals surface area contributed by atoms with Gasteiger partial charge in [-0.1, -0.05) is 50.2 Å². The van der Waals surface area contributed by atoms with Gasteiger partial charge in [0, 0.05) is 33.5 Å². The molecule has 0 aliphatic carbocycles. The number of rotatable bonds is 8. The van der Waals surface area contributed by atoms with Crippen molar-refractivity contribution >= 4 is 28.2 Å². The summed E-state index contributed by atoms with van der Waals surface area (Å²) < 4.78 is 7.74. The molecule has 2 aromatic carbocycles. The Morgan fingerprint density at radius 2 is 1.88 bits per heavy atom. The van der Waals surface area contributed by atoms with Crippen molar-refractivity contribution in [3.63, 3.8) is 0 Å². The van der Waals surface area contributed by atoms with Gasteiger partial charge in [-0.2, -0.15) is 0 Å². The topological polar surface area (TPSA) is 80.6 Å². The molecular formula is C26H26N2O4S. The Bertz CT molecular complexity index is 1310. The molecule has 33 heavy (non-hydrogen) atoms. The number of nitrogens with zero attached hydrogens (tertiary/aromatic N) is 1. The fourth-order valence-corrected chi connectivity index (χ4v) is 4.71. The fourth-order valence-electron chi connectivity index (χ4n) is 3.90. The zero-order valence-electron chi connectivity index (χ0n) is 18.6. The van der Waals surface area contributed by atoms with E-state index in [9.17, 15) is 14.7 Å². The first kappa shape index (κ1) is 22.6. The van der Waals surface area contributed by atoms with Crippen LogP contribution in [0.3, 0.4) is 0 Å². The van der Waals surface area contributed by atoms with Crippen molar-refractivity contribution in [3.05, 3.63) is 87.7 Å². The third-order valence-electron chi connectivity index (χ3n) is 5.32. The molecule has 0 bridgehead atoms. The maximum atomic E-state index is 13.5. The summed E-state index contributed by atoms with van der Waals surface area (Å²) in [6, 6.07) is 19.3. The van der Waals surface area contributed by atoms with Crippen LogP contribution in [0.25, 0.3) is 21.2 Å². The lowest BCUT2D eigenvalue weighted by atomic mass is 10.0. The van der Waals surface area contributed by atoms with Crippen molar-refractivity contribution in [2.45, 2.75) is 33.5 Å². The third-order valence-corrected chi connectivity index (χ3v) is 6.21. The number of thiophene rings is 1. The normalized spacial score (nSPS) is 11.1. The Morgan fingerprint density at radius 3 is 2.55 bits per heavy atom. The van der Waals surface area contributed by atoms with Gasteiger partial charge in [-0.15, -0.1) is 11.3 Å². The van der Waals surface area contributed by atoms with E-state index in [1.54, 1.807) is 22.0 Å². The average Bonchev–Trinajstić information content (AvgIpc) is 3.33. The largest absolute Gasteiger partial charge is 0.489 e. The van der Waals surface area contributed by atoms with Gasteiger partial charge in [-0.25, -0.2) is 4.79 Å². The molecular weight excluding hydrogens is 436 g/mol. The van der Waals surface area contributed by atoms with E-state index in [-0.39, 0.29) is 18.0 Å². The number of pyridine rings is 1. The van der Waals surface area contributed by atoms with Gasteiger partial charge in [0.15, 0.2) is 0 Å². The highest BCUT2D eigenvalue weighted by molar-refractivity contribution is 7.13. The molecule has 0 unspecified atom stereocenters. The second-order valence-electron chi connectivity index (χ2n) is 8.25. The first-order valence-corrected chi connectivity index (χ1v) is 11.7. The molecule has 6 nitrogen and oxygen atoms in total. The van der Waals surface area contributed by atoms with Gasteiger partial charge in [0.05, 0.1) is 6.54 Å². The van der Waals surface area contributed by atoms with Gasteiger partial charge in [0.25, 0.3) is 5.56 Å². The second-order valence-corrected chi connectivity index (χ2v) is 9.20. The molecule has 0 saturated heterocycles. The molecule has 4 aromatic rings. The van der Waals surface area contributed by atoms with E-state index in [0.717, 1.165) is 21.4 Å². The lowest BCUT2D eigenvalue weighted by molar-refractivity contribution is 0.193. The molecule has 0 saturated carbocycles. The molecule has 0 fully saturated rings. The molecule has 4 rings (SSSR count). The molecule has 1 amide bonds. The van der Waals surface area contributed by atoms with Gasteiger partial charge in [0.1, 0.15) is 12.4 Å². The van der Waals surface area contributed by atoms with Crippen LogP contribution in [0, 0.1) is 5.92 Å². The first-order valence-electron chi connectivity index (χ1n) is 10.8. The minimum atomic E-state index is -1.13. The summed E-state index contributed by atoms with van der Waals surface area (Å²) in [6.45, 7) is 5.02. The predicted molar refractivity (Wildman–Crippen MR) is 132 cm³/mol. The monoisotopic (exact) mass is 462 g/mol.